The molecule has 0 spiro atoms. The molecular formula is C4H10ClNO. The predicted octanol–water partition coefficient (Wildman–Crippen LogP) is -3.42. The summed E-state index contributed by atoms with van der Waals surface area (Å²) >= 11 is 0. The fourth-order valence-electron chi connectivity index (χ4n) is 0.630. The molecule has 1 saturated carbocycles. The molecule has 0 unspecified atom stereocenters. The Hall–Kier alpha value is 0.210. The molecule has 0 saturated heterocycles. The van der Waals surface area contributed by atoms with E-state index in [9.17, 15) is 0 Å². The molecule has 2 nitrogen and oxygen atoms in total. The van der Waals surface area contributed by atoms with Crippen LogP contribution in [-0.4, -0.2) is 17.3 Å². The van der Waals surface area contributed by atoms with E-state index in [0.29, 0.717) is 6.04 Å². The van der Waals surface area contributed by atoms with Gasteiger partial charge in [0.15, 0.2) is 0 Å². The molecule has 0 aromatic heterocycles. The highest BCUT2D eigenvalue weighted by molar-refractivity contribution is 4.80. The second-order valence-corrected chi connectivity index (χ2v) is 1.89. The Morgan fingerprint density at radius 1 is 1.57 bits per heavy atom. The molecule has 1 fully saturated rings. The zero-order chi connectivity index (χ0) is 4.57. The van der Waals surface area contributed by atoms with Gasteiger partial charge in [0.2, 0.25) is 0 Å². The topological polar surface area (TPSA) is 46.2 Å². The van der Waals surface area contributed by atoms with Crippen LogP contribution < -0.4 is 18.1 Å². The number of nitrogens with two attached hydrogens (primary N) is 1. The number of rotatable bonds is 0. The van der Waals surface area contributed by atoms with E-state index in [0.717, 1.165) is 12.8 Å². The van der Waals surface area contributed by atoms with Gasteiger partial charge in [-0.2, -0.15) is 0 Å². The first kappa shape index (κ1) is 7.21. The van der Waals surface area contributed by atoms with Crippen LogP contribution in [0.3, 0.4) is 0 Å². The lowest BCUT2D eigenvalue weighted by atomic mass is 9.91. The zero-order valence-electron chi connectivity index (χ0n) is 4.97. The van der Waals surface area contributed by atoms with Gasteiger partial charge < -0.3 is 23.2 Å². The molecule has 0 aromatic carbocycles. The molecule has 0 bridgehead atoms. The number of hydrogen-bond acceptors (Lipinski definition) is 2. The summed E-state index contributed by atoms with van der Waals surface area (Å²) < 4.78 is 0. The molecular weight excluding hydrogens is 114 g/mol. The summed E-state index contributed by atoms with van der Waals surface area (Å²) in [4.78, 5) is 0. The van der Waals surface area contributed by atoms with Gasteiger partial charge in [0.1, 0.15) is 0 Å². The molecule has 0 aliphatic heterocycles. The van der Waals surface area contributed by atoms with Crippen molar-refractivity contribution in [2.24, 2.45) is 5.73 Å². The molecule has 44 valence electrons. The summed E-state index contributed by atoms with van der Waals surface area (Å²) in [6, 6.07) is 0.292. The molecule has 0 aromatic rings. The monoisotopic (exact) mass is 123 g/mol. The summed E-state index contributed by atoms with van der Waals surface area (Å²) in [5, 5.41) is 8.54. The average Bonchev–Trinajstić information content (AvgIpc) is 1.33. The summed E-state index contributed by atoms with van der Waals surface area (Å²) in [6.07, 6.45) is 1.53. The van der Waals surface area contributed by atoms with Crippen molar-refractivity contribution in [1.82, 2.24) is 0 Å². The SMILES string of the molecule is NC1CC(O)C1.[Cl-].[H+]. The normalized spacial score (nSPS) is 38.6. The number of hydrogen-bond donors (Lipinski definition) is 2. The molecule has 1 aliphatic carbocycles. The largest absolute Gasteiger partial charge is 1.00 e. The molecule has 1 aliphatic rings. The number of aliphatic hydroxyl groups excluding tert-OH is 1. The van der Waals surface area contributed by atoms with Crippen LogP contribution in [0.15, 0.2) is 0 Å². The molecule has 3 heteroatoms. The third-order valence-electron chi connectivity index (χ3n) is 1.15. The van der Waals surface area contributed by atoms with Gasteiger partial charge in [-0.3, -0.25) is 0 Å². The van der Waals surface area contributed by atoms with Crippen LogP contribution in [0, 0.1) is 0 Å². The molecule has 0 radical (unpaired) electrons. The Morgan fingerprint density at radius 3 is 2.00 bits per heavy atom. The Kier molecular flexibility index (Phi) is 2.58. The fourth-order valence-corrected chi connectivity index (χ4v) is 0.630. The van der Waals surface area contributed by atoms with E-state index in [4.69, 9.17) is 10.8 Å². The molecule has 3 N–H and O–H groups in total. The van der Waals surface area contributed by atoms with E-state index >= 15 is 0 Å². The van der Waals surface area contributed by atoms with Crippen molar-refractivity contribution < 1.29 is 18.9 Å². The van der Waals surface area contributed by atoms with E-state index in [1.165, 1.54) is 0 Å². The number of halogens is 1. The van der Waals surface area contributed by atoms with E-state index < -0.39 is 0 Å². The Labute approximate surface area is 50.6 Å². The minimum atomic E-state index is -0.0833. The van der Waals surface area contributed by atoms with Crippen molar-refractivity contribution in [1.29, 1.82) is 0 Å². The van der Waals surface area contributed by atoms with E-state index in [1.54, 1.807) is 0 Å². The number of aliphatic hydroxyl groups is 1. The second-order valence-electron chi connectivity index (χ2n) is 1.89. The predicted molar refractivity (Wildman–Crippen MR) is 24.3 cm³/mol. The first-order chi connectivity index (χ1) is 2.79. The van der Waals surface area contributed by atoms with Gasteiger partial charge in [0.05, 0.1) is 6.10 Å². The van der Waals surface area contributed by atoms with Crippen molar-refractivity contribution in [3.8, 4) is 0 Å². The fraction of sp³-hybridized carbons (Fsp3) is 1.00. The lowest BCUT2D eigenvalue weighted by molar-refractivity contribution is -0.00000690. The minimum Gasteiger partial charge on any atom is -1.00 e. The third-order valence-corrected chi connectivity index (χ3v) is 1.15. The van der Waals surface area contributed by atoms with Gasteiger partial charge >= 0.3 is 1.43 Å². The highest BCUT2D eigenvalue weighted by Crippen LogP contribution is 2.15. The summed E-state index contributed by atoms with van der Waals surface area (Å²) in [5.74, 6) is 0. The van der Waals surface area contributed by atoms with Crippen LogP contribution in [0.4, 0.5) is 0 Å². The van der Waals surface area contributed by atoms with E-state index in [-0.39, 0.29) is 19.9 Å². The molecule has 0 amide bonds. The van der Waals surface area contributed by atoms with Crippen LogP contribution in [0.2, 0.25) is 0 Å². The molecule has 0 atom stereocenters. The quantitative estimate of drug-likeness (QED) is 0.353. The second kappa shape index (κ2) is 2.50. The first-order valence-corrected chi connectivity index (χ1v) is 2.22. The van der Waals surface area contributed by atoms with Gasteiger partial charge in [-0.25, -0.2) is 0 Å². The summed E-state index contributed by atoms with van der Waals surface area (Å²) in [7, 11) is 0. The van der Waals surface area contributed by atoms with E-state index in [2.05, 4.69) is 0 Å². The molecule has 1 rings (SSSR count). The smallest absolute Gasteiger partial charge is 1.00 e. The Balaban J connectivity index is 0. The average molecular weight is 124 g/mol. The van der Waals surface area contributed by atoms with Gasteiger partial charge in [0, 0.05) is 6.04 Å². The summed E-state index contributed by atoms with van der Waals surface area (Å²) in [5.41, 5.74) is 5.31. The minimum absolute atomic E-state index is 0. The van der Waals surface area contributed by atoms with Gasteiger partial charge in [-0.05, 0) is 12.8 Å². The lowest BCUT2D eigenvalue weighted by Gasteiger charge is -2.26. The highest BCUT2D eigenvalue weighted by atomic mass is 35.5. The van der Waals surface area contributed by atoms with Crippen LogP contribution in [0.5, 0.6) is 0 Å². The maximum atomic E-state index is 8.54. The third kappa shape index (κ3) is 1.63. The highest BCUT2D eigenvalue weighted by Gasteiger charge is 2.22. The van der Waals surface area contributed by atoms with Crippen LogP contribution >= 0.6 is 0 Å². The lowest BCUT2D eigenvalue weighted by Crippen LogP contribution is -3.00. The summed E-state index contributed by atoms with van der Waals surface area (Å²) in [6.45, 7) is 0. The Morgan fingerprint density at radius 2 is 2.00 bits per heavy atom. The van der Waals surface area contributed by atoms with Gasteiger partial charge in [-0.15, -0.1) is 0 Å². The van der Waals surface area contributed by atoms with E-state index in [1.807, 2.05) is 0 Å². The van der Waals surface area contributed by atoms with Gasteiger partial charge in [0.25, 0.3) is 0 Å². The molecule has 0 heterocycles. The zero-order valence-corrected chi connectivity index (χ0v) is 4.73. The van der Waals surface area contributed by atoms with Crippen LogP contribution in [0.25, 0.3) is 0 Å². The van der Waals surface area contributed by atoms with Crippen molar-refractivity contribution >= 4 is 0 Å². The van der Waals surface area contributed by atoms with Gasteiger partial charge in [-0.1, -0.05) is 0 Å². The van der Waals surface area contributed by atoms with Crippen molar-refractivity contribution in [3.63, 3.8) is 0 Å². The van der Waals surface area contributed by atoms with Crippen molar-refractivity contribution in [2.75, 3.05) is 0 Å². The molecule has 7 heavy (non-hydrogen) atoms. The van der Waals surface area contributed by atoms with Crippen molar-refractivity contribution in [3.05, 3.63) is 0 Å². The standard InChI is InChI=1S/C4H9NO.ClH/c5-3-1-4(6)2-3;/h3-4,6H,1-2,5H2;1H. The Bertz CT molecular complexity index is 52.0. The van der Waals surface area contributed by atoms with Crippen molar-refractivity contribution in [2.45, 2.75) is 25.0 Å². The maximum Gasteiger partial charge on any atom is 1.00 e. The van der Waals surface area contributed by atoms with Crippen LogP contribution in [0.1, 0.15) is 14.3 Å². The first-order valence-electron chi connectivity index (χ1n) is 2.22. The maximum absolute atomic E-state index is 8.54. The van der Waals surface area contributed by atoms with Crippen LogP contribution in [-0.2, 0) is 0 Å².